The second-order valence-corrected chi connectivity index (χ2v) is 9.66. The Kier molecular flexibility index (Phi) is 9.06. The highest BCUT2D eigenvalue weighted by Gasteiger charge is 2.34. The molecule has 1 atom stereocenters. The molecule has 0 spiro atoms. The standard InChI is InChI=1S/C23H27ClO5S/c1-3-29-23(26)22(8-6-4-5-7-18-9-13-20(24)14-10-18)30(27,28)21-15-11-19(12-16-21)17(2)25/h9-16,22H,3-8H2,1-2H3. The maximum Gasteiger partial charge on any atom is 0.324 e. The second kappa shape index (κ2) is 11.3. The smallest absolute Gasteiger partial charge is 0.324 e. The fourth-order valence-corrected chi connectivity index (χ4v) is 4.93. The van der Waals surface area contributed by atoms with Gasteiger partial charge in [-0.05, 0) is 62.9 Å². The van der Waals surface area contributed by atoms with Gasteiger partial charge in [-0.3, -0.25) is 9.59 Å². The summed E-state index contributed by atoms with van der Waals surface area (Å²) in [7, 11) is -3.91. The number of carbonyl (C=O) groups is 2. The van der Waals surface area contributed by atoms with E-state index in [1.807, 2.05) is 24.3 Å². The Morgan fingerprint density at radius 3 is 2.17 bits per heavy atom. The molecule has 2 aromatic carbocycles. The number of ketones is 1. The lowest BCUT2D eigenvalue weighted by Gasteiger charge is -2.16. The van der Waals surface area contributed by atoms with Gasteiger partial charge in [0.1, 0.15) is 0 Å². The molecule has 5 nitrogen and oxygen atoms in total. The number of esters is 1. The first-order valence-electron chi connectivity index (χ1n) is 10.0. The van der Waals surface area contributed by atoms with Crippen LogP contribution in [0.4, 0.5) is 0 Å². The van der Waals surface area contributed by atoms with E-state index in [1.165, 1.54) is 36.8 Å². The Morgan fingerprint density at radius 2 is 1.60 bits per heavy atom. The number of benzene rings is 2. The Labute approximate surface area is 183 Å². The van der Waals surface area contributed by atoms with Crippen molar-refractivity contribution in [1.29, 1.82) is 0 Å². The van der Waals surface area contributed by atoms with E-state index in [4.69, 9.17) is 16.3 Å². The number of carbonyl (C=O) groups excluding carboxylic acids is 2. The molecule has 2 aromatic rings. The topological polar surface area (TPSA) is 77.5 Å². The van der Waals surface area contributed by atoms with Crippen LogP contribution in [0.2, 0.25) is 5.02 Å². The molecule has 0 amide bonds. The number of halogens is 1. The molecule has 0 bridgehead atoms. The van der Waals surface area contributed by atoms with Crippen molar-refractivity contribution in [3.63, 3.8) is 0 Å². The van der Waals surface area contributed by atoms with E-state index in [0.29, 0.717) is 17.0 Å². The fraction of sp³-hybridized carbons (Fsp3) is 0.391. The van der Waals surface area contributed by atoms with Crippen LogP contribution >= 0.6 is 11.6 Å². The summed E-state index contributed by atoms with van der Waals surface area (Å²) in [5.74, 6) is -0.882. The Morgan fingerprint density at radius 1 is 0.967 bits per heavy atom. The first kappa shape index (κ1) is 24.1. The molecule has 162 valence electrons. The average molecular weight is 451 g/mol. The van der Waals surface area contributed by atoms with E-state index >= 15 is 0 Å². The van der Waals surface area contributed by atoms with Crippen molar-refractivity contribution in [2.75, 3.05) is 6.61 Å². The minimum Gasteiger partial charge on any atom is -0.465 e. The zero-order valence-corrected chi connectivity index (χ0v) is 18.8. The summed E-state index contributed by atoms with van der Waals surface area (Å²) in [4.78, 5) is 23.8. The van der Waals surface area contributed by atoms with Gasteiger partial charge in [-0.1, -0.05) is 48.7 Å². The van der Waals surface area contributed by atoms with Crippen LogP contribution in [-0.2, 0) is 25.8 Å². The minimum absolute atomic E-state index is 0.0201. The molecule has 7 heteroatoms. The zero-order chi connectivity index (χ0) is 22.1. The predicted molar refractivity (Wildman–Crippen MR) is 118 cm³/mol. The quantitative estimate of drug-likeness (QED) is 0.272. The molecule has 1 unspecified atom stereocenters. The Bertz CT molecular complexity index is 950. The molecule has 0 aromatic heterocycles. The predicted octanol–water partition coefficient (Wildman–Crippen LogP) is 5.05. The summed E-state index contributed by atoms with van der Waals surface area (Å²) in [5.41, 5.74) is 1.59. The van der Waals surface area contributed by atoms with Gasteiger partial charge >= 0.3 is 5.97 Å². The van der Waals surface area contributed by atoms with Crippen molar-refractivity contribution in [1.82, 2.24) is 0 Å². The molecule has 30 heavy (non-hydrogen) atoms. The third-order valence-corrected chi connectivity index (χ3v) is 7.22. The van der Waals surface area contributed by atoms with Crippen molar-refractivity contribution in [2.24, 2.45) is 0 Å². The van der Waals surface area contributed by atoms with Crippen molar-refractivity contribution < 1.29 is 22.7 Å². The van der Waals surface area contributed by atoms with Crippen LogP contribution in [0, 0.1) is 0 Å². The fourth-order valence-electron chi connectivity index (χ4n) is 3.17. The van der Waals surface area contributed by atoms with Crippen molar-refractivity contribution >= 4 is 33.2 Å². The molecule has 0 aliphatic rings. The third kappa shape index (κ3) is 6.67. The number of aryl methyl sites for hydroxylation is 1. The van der Waals surface area contributed by atoms with Gasteiger partial charge in [-0.2, -0.15) is 0 Å². The van der Waals surface area contributed by atoms with Gasteiger partial charge in [0.2, 0.25) is 0 Å². The van der Waals surface area contributed by atoms with Crippen LogP contribution in [-0.4, -0.2) is 32.0 Å². The number of hydrogen-bond acceptors (Lipinski definition) is 5. The van der Waals surface area contributed by atoms with Crippen LogP contribution < -0.4 is 0 Å². The van der Waals surface area contributed by atoms with E-state index in [9.17, 15) is 18.0 Å². The summed E-state index contributed by atoms with van der Waals surface area (Å²) in [6, 6.07) is 13.3. The van der Waals surface area contributed by atoms with Crippen LogP contribution in [0.15, 0.2) is 53.4 Å². The normalized spacial score (nSPS) is 12.4. The summed E-state index contributed by atoms with van der Waals surface area (Å²) < 4.78 is 31.1. The molecule has 2 rings (SSSR count). The van der Waals surface area contributed by atoms with Crippen molar-refractivity contribution in [3.8, 4) is 0 Å². The third-order valence-electron chi connectivity index (χ3n) is 4.86. The van der Waals surface area contributed by atoms with E-state index < -0.39 is 21.1 Å². The van der Waals surface area contributed by atoms with Crippen LogP contribution in [0.3, 0.4) is 0 Å². The van der Waals surface area contributed by atoms with Gasteiger partial charge in [-0.25, -0.2) is 8.42 Å². The molecule has 0 radical (unpaired) electrons. The average Bonchev–Trinajstić information content (AvgIpc) is 2.72. The van der Waals surface area contributed by atoms with Crippen LogP contribution in [0.1, 0.15) is 55.5 Å². The monoisotopic (exact) mass is 450 g/mol. The summed E-state index contributed by atoms with van der Waals surface area (Å²) >= 11 is 5.89. The second-order valence-electron chi connectivity index (χ2n) is 7.09. The highest BCUT2D eigenvalue weighted by Crippen LogP contribution is 2.23. The summed E-state index contributed by atoms with van der Waals surface area (Å²) in [6.45, 7) is 3.18. The minimum atomic E-state index is -3.91. The van der Waals surface area contributed by atoms with Gasteiger partial charge in [0.15, 0.2) is 20.9 Å². The maximum atomic E-state index is 13.0. The molecule has 0 saturated heterocycles. The maximum absolute atomic E-state index is 13.0. The lowest BCUT2D eigenvalue weighted by Crippen LogP contribution is -2.32. The molecule has 0 saturated carbocycles. The number of unbranched alkanes of at least 4 members (excludes halogenated alkanes) is 2. The van der Waals surface area contributed by atoms with E-state index in [2.05, 4.69) is 0 Å². The zero-order valence-electron chi connectivity index (χ0n) is 17.3. The van der Waals surface area contributed by atoms with Crippen molar-refractivity contribution in [2.45, 2.75) is 56.1 Å². The van der Waals surface area contributed by atoms with Gasteiger partial charge in [0.05, 0.1) is 11.5 Å². The van der Waals surface area contributed by atoms with E-state index in [-0.39, 0.29) is 23.7 Å². The van der Waals surface area contributed by atoms with Crippen LogP contribution in [0.25, 0.3) is 0 Å². The molecule has 0 aliphatic carbocycles. The Balaban J connectivity index is 2.02. The van der Waals surface area contributed by atoms with Gasteiger partial charge in [0.25, 0.3) is 0 Å². The van der Waals surface area contributed by atoms with Gasteiger partial charge in [0, 0.05) is 10.6 Å². The SMILES string of the molecule is CCOC(=O)C(CCCCCc1ccc(Cl)cc1)S(=O)(=O)c1ccc(C(C)=O)cc1. The number of sulfone groups is 1. The van der Waals surface area contributed by atoms with Crippen LogP contribution in [0.5, 0.6) is 0 Å². The number of rotatable bonds is 11. The molecule has 0 fully saturated rings. The van der Waals surface area contributed by atoms with Crippen molar-refractivity contribution in [3.05, 3.63) is 64.7 Å². The molecular weight excluding hydrogens is 424 g/mol. The lowest BCUT2D eigenvalue weighted by molar-refractivity contribution is -0.142. The number of ether oxygens (including phenoxy) is 1. The molecule has 0 N–H and O–H groups in total. The molecular formula is C23H27ClO5S. The Hall–Kier alpha value is -2.18. The number of Topliss-reactive ketones (excluding diaryl/α,β-unsaturated/α-hetero) is 1. The van der Waals surface area contributed by atoms with Gasteiger partial charge < -0.3 is 4.74 Å². The molecule has 0 heterocycles. The summed E-state index contributed by atoms with van der Waals surface area (Å²) in [6.07, 6.45) is 3.31. The summed E-state index contributed by atoms with van der Waals surface area (Å²) in [5, 5.41) is -0.561. The molecule has 0 aliphatic heterocycles. The first-order valence-corrected chi connectivity index (χ1v) is 11.9. The number of hydrogen-bond donors (Lipinski definition) is 0. The highest BCUT2D eigenvalue weighted by atomic mass is 35.5. The van der Waals surface area contributed by atoms with E-state index in [0.717, 1.165) is 19.3 Å². The largest absolute Gasteiger partial charge is 0.465 e. The van der Waals surface area contributed by atoms with E-state index in [1.54, 1.807) is 6.92 Å². The lowest BCUT2D eigenvalue weighted by atomic mass is 10.1. The first-order chi connectivity index (χ1) is 14.3. The highest BCUT2D eigenvalue weighted by molar-refractivity contribution is 7.92. The van der Waals surface area contributed by atoms with Gasteiger partial charge in [-0.15, -0.1) is 0 Å².